The Morgan fingerprint density at radius 1 is 1.12 bits per heavy atom. The Morgan fingerprint density at radius 3 is 2.64 bits per heavy atom. The zero-order valence-corrected chi connectivity index (χ0v) is 15.7. The molecule has 3 nitrogen and oxygen atoms in total. The molecule has 0 amide bonds. The molecule has 2 heterocycles. The molecule has 4 aromatic rings. The second kappa shape index (κ2) is 4.92. The van der Waals surface area contributed by atoms with E-state index >= 15 is 0 Å². The summed E-state index contributed by atoms with van der Waals surface area (Å²) in [5.41, 5.74) is 3.96. The Labute approximate surface area is 152 Å². The van der Waals surface area contributed by atoms with Crippen molar-refractivity contribution in [3.05, 3.63) is 48.8 Å². The molecule has 1 aliphatic carbocycles. The molecule has 5 rings (SSSR count). The number of imidazole rings is 1. The van der Waals surface area contributed by atoms with E-state index < -0.39 is 0 Å². The van der Waals surface area contributed by atoms with E-state index in [-0.39, 0.29) is 5.54 Å². The molecule has 1 fully saturated rings. The summed E-state index contributed by atoms with van der Waals surface area (Å²) in [6, 6.07) is 13.1. The fourth-order valence-corrected chi connectivity index (χ4v) is 4.22. The van der Waals surface area contributed by atoms with Gasteiger partial charge in [-0.3, -0.25) is 0 Å². The standard InChI is InChI=1S/C21H21N3S/c1-21(9-10-21)24-12-11-23-17-8-7-14(22(2)3)13-16(17)15-5-4-6-18(25)19(15)20(23)24/h4-8,11-13H,9-10H2,1-3H3/p+1. The Kier molecular flexibility index (Phi) is 2.97. The van der Waals surface area contributed by atoms with Gasteiger partial charge in [0.05, 0.1) is 5.39 Å². The smallest absolute Gasteiger partial charge is 0.296 e. The van der Waals surface area contributed by atoms with E-state index in [0.717, 1.165) is 4.90 Å². The quantitative estimate of drug-likeness (QED) is 0.322. The lowest BCUT2D eigenvalue weighted by Crippen LogP contribution is -2.43. The molecule has 25 heavy (non-hydrogen) atoms. The number of hydrogen-bond donors (Lipinski definition) is 1. The molecule has 0 saturated heterocycles. The molecular weight excluding hydrogens is 326 g/mol. The Balaban J connectivity index is 2.03. The molecule has 126 valence electrons. The number of hydrogen-bond acceptors (Lipinski definition) is 2. The molecule has 2 aromatic heterocycles. The number of benzene rings is 2. The van der Waals surface area contributed by atoms with E-state index in [0.29, 0.717) is 0 Å². The van der Waals surface area contributed by atoms with Crippen molar-refractivity contribution in [2.75, 3.05) is 19.0 Å². The number of thiol groups is 1. The van der Waals surface area contributed by atoms with Gasteiger partial charge in [0.1, 0.15) is 23.4 Å². The first kappa shape index (κ1) is 15.1. The maximum Gasteiger partial charge on any atom is 0.296 e. The van der Waals surface area contributed by atoms with Crippen LogP contribution in [-0.4, -0.2) is 18.5 Å². The minimum Gasteiger partial charge on any atom is -0.378 e. The van der Waals surface area contributed by atoms with Crippen LogP contribution in [0.1, 0.15) is 19.8 Å². The molecule has 1 aliphatic rings. The van der Waals surface area contributed by atoms with Crippen LogP contribution < -0.4 is 9.47 Å². The minimum atomic E-state index is 0.245. The summed E-state index contributed by atoms with van der Waals surface area (Å²) in [5.74, 6) is 0. The van der Waals surface area contributed by atoms with E-state index in [1.54, 1.807) is 0 Å². The van der Waals surface area contributed by atoms with Gasteiger partial charge in [-0.25, -0.2) is 4.57 Å². The van der Waals surface area contributed by atoms with E-state index in [9.17, 15) is 0 Å². The summed E-state index contributed by atoms with van der Waals surface area (Å²) in [6.45, 7) is 2.35. The molecule has 0 radical (unpaired) electrons. The summed E-state index contributed by atoms with van der Waals surface area (Å²) in [4.78, 5) is 3.19. The maximum absolute atomic E-state index is 4.82. The van der Waals surface area contributed by atoms with Crippen molar-refractivity contribution in [3.8, 4) is 0 Å². The zero-order chi connectivity index (χ0) is 17.3. The highest BCUT2D eigenvalue weighted by Crippen LogP contribution is 2.40. The third kappa shape index (κ3) is 2.04. The number of aromatic nitrogens is 2. The molecule has 0 aliphatic heterocycles. The van der Waals surface area contributed by atoms with E-state index in [1.165, 1.54) is 45.9 Å². The lowest BCUT2D eigenvalue weighted by molar-refractivity contribution is -0.710. The largest absolute Gasteiger partial charge is 0.378 e. The first-order valence-electron chi connectivity index (χ1n) is 8.77. The van der Waals surface area contributed by atoms with Crippen molar-refractivity contribution in [2.24, 2.45) is 0 Å². The predicted octanol–water partition coefficient (Wildman–Crippen LogP) is 4.40. The van der Waals surface area contributed by atoms with Crippen LogP contribution in [0.25, 0.3) is 27.3 Å². The van der Waals surface area contributed by atoms with Crippen LogP contribution in [0.3, 0.4) is 0 Å². The van der Waals surface area contributed by atoms with Crippen LogP contribution in [-0.2, 0) is 5.54 Å². The van der Waals surface area contributed by atoms with E-state index in [2.05, 4.69) is 83.7 Å². The fourth-order valence-electron chi connectivity index (χ4n) is 3.91. The first-order chi connectivity index (χ1) is 12.0. The van der Waals surface area contributed by atoms with Crippen LogP contribution in [0.4, 0.5) is 5.69 Å². The van der Waals surface area contributed by atoms with Crippen molar-refractivity contribution < 1.29 is 4.57 Å². The molecule has 1 saturated carbocycles. The molecule has 0 spiro atoms. The summed E-state index contributed by atoms with van der Waals surface area (Å²) < 4.78 is 4.79. The van der Waals surface area contributed by atoms with Crippen LogP contribution >= 0.6 is 12.6 Å². The van der Waals surface area contributed by atoms with Gasteiger partial charge in [0.25, 0.3) is 5.65 Å². The summed E-state index contributed by atoms with van der Waals surface area (Å²) >= 11 is 4.82. The van der Waals surface area contributed by atoms with Gasteiger partial charge in [-0.1, -0.05) is 12.1 Å². The van der Waals surface area contributed by atoms with Crippen molar-refractivity contribution in [2.45, 2.75) is 30.2 Å². The highest BCUT2D eigenvalue weighted by molar-refractivity contribution is 7.80. The first-order valence-corrected chi connectivity index (χ1v) is 9.22. The molecular formula is C21H22N3S+. The fraction of sp³-hybridized carbons (Fsp3) is 0.286. The van der Waals surface area contributed by atoms with Crippen molar-refractivity contribution in [1.82, 2.24) is 4.40 Å². The summed E-state index contributed by atoms with van der Waals surface area (Å²) in [5, 5.41) is 3.79. The number of nitrogens with zero attached hydrogens (tertiary/aromatic N) is 3. The topological polar surface area (TPSA) is 11.5 Å². The minimum absolute atomic E-state index is 0.245. The molecule has 2 aromatic carbocycles. The highest BCUT2D eigenvalue weighted by Gasteiger charge is 2.46. The predicted molar refractivity (Wildman–Crippen MR) is 107 cm³/mol. The normalized spacial score (nSPS) is 16.0. The van der Waals surface area contributed by atoms with Crippen molar-refractivity contribution in [1.29, 1.82) is 0 Å². The van der Waals surface area contributed by atoms with Crippen LogP contribution in [0.2, 0.25) is 0 Å². The average molecular weight is 348 g/mol. The highest BCUT2D eigenvalue weighted by atomic mass is 32.1. The molecule has 4 heteroatoms. The van der Waals surface area contributed by atoms with Gasteiger partial charge in [0.2, 0.25) is 0 Å². The van der Waals surface area contributed by atoms with Crippen molar-refractivity contribution >= 4 is 45.6 Å². The summed E-state index contributed by atoms with van der Waals surface area (Å²) in [7, 11) is 4.17. The third-order valence-electron chi connectivity index (χ3n) is 5.69. The maximum atomic E-state index is 4.82. The van der Waals surface area contributed by atoms with Gasteiger partial charge in [-0.2, -0.15) is 4.40 Å². The lowest BCUT2D eigenvalue weighted by Gasteiger charge is -2.14. The number of anilines is 1. The molecule has 0 bridgehead atoms. The zero-order valence-electron chi connectivity index (χ0n) is 14.8. The Morgan fingerprint density at radius 2 is 1.92 bits per heavy atom. The number of fused-ring (bicyclic) bond motifs is 6. The van der Waals surface area contributed by atoms with E-state index in [4.69, 9.17) is 12.6 Å². The van der Waals surface area contributed by atoms with Gasteiger partial charge >= 0.3 is 0 Å². The second-order valence-corrected chi connectivity index (χ2v) is 8.14. The van der Waals surface area contributed by atoms with E-state index in [1.807, 2.05) is 0 Å². The number of rotatable bonds is 2. The molecule has 0 unspecified atom stereocenters. The van der Waals surface area contributed by atoms with Gasteiger partial charge in [-0.05, 0) is 44.0 Å². The molecule has 0 atom stereocenters. The lowest BCUT2D eigenvalue weighted by atomic mass is 10.0. The Bertz CT molecular complexity index is 1150. The van der Waals surface area contributed by atoms with Gasteiger partial charge in [-0.15, -0.1) is 12.6 Å². The van der Waals surface area contributed by atoms with Gasteiger partial charge < -0.3 is 4.90 Å². The second-order valence-electron chi connectivity index (χ2n) is 7.65. The number of pyridine rings is 1. The molecule has 0 N–H and O–H groups in total. The van der Waals surface area contributed by atoms with Gasteiger partial charge in [0, 0.05) is 35.5 Å². The van der Waals surface area contributed by atoms with Crippen LogP contribution in [0.15, 0.2) is 53.7 Å². The SMILES string of the molecule is CN(C)c1ccc2c(c1)c1cccc(S)c1c1n2cc[n+]1C1(C)CC1. The monoisotopic (exact) mass is 348 g/mol. The van der Waals surface area contributed by atoms with Crippen LogP contribution in [0.5, 0.6) is 0 Å². The summed E-state index contributed by atoms with van der Waals surface area (Å²) in [6.07, 6.45) is 6.92. The van der Waals surface area contributed by atoms with Gasteiger partial charge in [0.15, 0.2) is 0 Å². The Hall–Kier alpha value is -2.20. The average Bonchev–Trinajstić information content (AvgIpc) is 3.18. The van der Waals surface area contributed by atoms with Crippen LogP contribution in [0, 0.1) is 0 Å². The third-order valence-corrected chi connectivity index (χ3v) is 6.06. The van der Waals surface area contributed by atoms with Crippen molar-refractivity contribution in [3.63, 3.8) is 0 Å².